The molecule has 0 radical (unpaired) electrons. The molecular weight excluding hydrogens is 282 g/mol. The maximum absolute atomic E-state index is 12.0. The average Bonchev–Trinajstić information content (AvgIpc) is 2.54. The van der Waals surface area contributed by atoms with E-state index in [1.165, 1.54) is 0 Å². The Balaban J connectivity index is 1.81. The molecule has 0 saturated carbocycles. The number of amides is 1. The quantitative estimate of drug-likeness (QED) is 0.847. The van der Waals surface area contributed by atoms with Crippen molar-refractivity contribution in [2.45, 2.75) is 12.8 Å². The molecule has 22 heavy (non-hydrogen) atoms. The summed E-state index contributed by atoms with van der Waals surface area (Å²) >= 11 is 0. The van der Waals surface area contributed by atoms with Gasteiger partial charge < -0.3 is 14.4 Å². The summed E-state index contributed by atoms with van der Waals surface area (Å²) in [5, 5.41) is 2.00. The molecule has 0 aliphatic carbocycles. The zero-order valence-corrected chi connectivity index (χ0v) is 13.6. The van der Waals surface area contributed by atoms with Crippen molar-refractivity contribution in [3.05, 3.63) is 23.8 Å². The number of piperazine rings is 1. The molecule has 1 aromatic rings. The van der Waals surface area contributed by atoms with Crippen LogP contribution in [0.2, 0.25) is 0 Å². The highest BCUT2D eigenvalue weighted by Crippen LogP contribution is 2.27. The number of benzene rings is 1. The number of rotatable bonds is 6. The van der Waals surface area contributed by atoms with Gasteiger partial charge in [0.25, 0.3) is 0 Å². The van der Waals surface area contributed by atoms with E-state index in [1.54, 1.807) is 14.2 Å². The predicted molar refractivity (Wildman–Crippen MR) is 85.1 cm³/mol. The van der Waals surface area contributed by atoms with E-state index in [1.807, 2.05) is 23.2 Å². The Bertz CT molecular complexity index is 499. The molecule has 0 aromatic heterocycles. The fraction of sp³-hybridized carbons (Fsp3) is 0.562. The average molecular weight is 307 g/mol. The summed E-state index contributed by atoms with van der Waals surface area (Å²) < 4.78 is 10.5. The normalized spacial score (nSPS) is 16.3. The Morgan fingerprint density at radius 2 is 1.82 bits per heavy atom. The second kappa shape index (κ2) is 8.00. The third-order valence-corrected chi connectivity index (χ3v) is 3.87. The summed E-state index contributed by atoms with van der Waals surface area (Å²) in [5.74, 6) is 1.45. The minimum atomic E-state index is 0.0549. The maximum Gasteiger partial charge on any atom is 0.234 e. The van der Waals surface area contributed by atoms with Crippen molar-refractivity contribution >= 4 is 5.91 Å². The number of likely N-dealkylation sites (N-methyl/N-ethyl adjacent to an activating group) is 1. The standard InChI is InChI=1S/C16H25N3O3/c1-18-8-10-19(11-9-18)17-16(20)7-5-13-4-6-14(21-2)15(12-13)22-3/h4,6,12H,5,7-11H2,1-3H3,(H,17,20). The van der Waals surface area contributed by atoms with E-state index in [2.05, 4.69) is 17.4 Å². The van der Waals surface area contributed by atoms with Crippen LogP contribution in [0.3, 0.4) is 0 Å². The lowest BCUT2D eigenvalue weighted by molar-refractivity contribution is -0.126. The molecule has 122 valence electrons. The number of nitrogens with zero attached hydrogens (tertiary/aromatic N) is 2. The summed E-state index contributed by atoms with van der Waals surface area (Å²) in [6.45, 7) is 3.71. The molecule has 0 unspecified atom stereocenters. The molecule has 1 aromatic carbocycles. The number of carbonyl (C=O) groups excluding carboxylic acids is 1. The fourth-order valence-electron chi connectivity index (χ4n) is 2.44. The van der Waals surface area contributed by atoms with Crippen molar-refractivity contribution in [3.63, 3.8) is 0 Å². The molecule has 0 atom stereocenters. The van der Waals surface area contributed by atoms with E-state index >= 15 is 0 Å². The van der Waals surface area contributed by atoms with Crippen LogP contribution in [0, 0.1) is 0 Å². The lowest BCUT2D eigenvalue weighted by Gasteiger charge is -2.32. The molecule has 2 rings (SSSR count). The Hall–Kier alpha value is -1.79. The van der Waals surface area contributed by atoms with Crippen LogP contribution in [0.4, 0.5) is 0 Å². The summed E-state index contributed by atoms with van der Waals surface area (Å²) in [4.78, 5) is 14.3. The summed E-state index contributed by atoms with van der Waals surface area (Å²) in [5.41, 5.74) is 4.03. The first-order valence-electron chi connectivity index (χ1n) is 7.56. The van der Waals surface area contributed by atoms with Crippen LogP contribution in [0.15, 0.2) is 18.2 Å². The number of nitrogens with one attached hydrogen (secondary N) is 1. The highest BCUT2D eigenvalue weighted by atomic mass is 16.5. The van der Waals surface area contributed by atoms with Gasteiger partial charge in [0.05, 0.1) is 14.2 Å². The Morgan fingerprint density at radius 3 is 2.45 bits per heavy atom. The van der Waals surface area contributed by atoms with Crippen molar-refractivity contribution in [1.29, 1.82) is 0 Å². The van der Waals surface area contributed by atoms with Gasteiger partial charge in [-0.1, -0.05) is 6.07 Å². The van der Waals surface area contributed by atoms with Crippen molar-refractivity contribution in [2.24, 2.45) is 0 Å². The highest BCUT2D eigenvalue weighted by Gasteiger charge is 2.15. The van der Waals surface area contributed by atoms with Crippen LogP contribution in [0.25, 0.3) is 0 Å². The molecule has 1 aliphatic rings. The molecule has 1 N–H and O–H groups in total. The molecule has 1 fully saturated rings. The first kappa shape index (κ1) is 16.6. The van der Waals surface area contributed by atoms with Gasteiger partial charge in [-0.2, -0.15) is 0 Å². The second-order valence-electron chi connectivity index (χ2n) is 5.51. The van der Waals surface area contributed by atoms with E-state index in [4.69, 9.17) is 9.47 Å². The SMILES string of the molecule is COc1ccc(CCC(=O)NN2CCN(C)CC2)cc1OC. The van der Waals surface area contributed by atoms with Crippen LogP contribution in [-0.4, -0.2) is 63.3 Å². The van der Waals surface area contributed by atoms with Gasteiger partial charge in [-0.25, -0.2) is 5.01 Å². The van der Waals surface area contributed by atoms with Crippen molar-refractivity contribution in [2.75, 3.05) is 47.4 Å². The molecule has 1 amide bonds. The number of hydrogen-bond acceptors (Lipinski definition) is 5. The van der Waals surface area contributed by atoms with Crippen LogP contribution < -0.4 is 14.9 Å². The first-order valence-corrected chi connectivity index (χ1v) is 7.56. The van der Waals surface area contributed by atoms with Gasteiger partial charge in [-0.3, -0.25) is 10.2 Å². The molecule has 6 nitrogen and oxygen atoms in total. The van der Waals surface area contributed by atoms with Gasteiger partial charge in [0.15, 0.2) is 11.5 Å². The largest absolute Gasteiger partial charge is 0.493 e. The van der Waals surface area contributed by atoms with Crippen LogP contribution in [-0.2, 0) is 11.2 Å². The van der Waals surface area contributed by atoms with E-state index in [-0.39, 0.29) is 5.91 Å². The maximum atomic E-state index is 12.0. The Kier molecular flexibility index (Phi) is 6.03. The topological polar surface area (TPSA) is 54.0 Å². The lowest BCUT2D eigenvalue weighted by atomic mass is 10.1. The van der Waals surface area contributed by atoms with Gasteiger partial charge in [-0.15, -0.1) is 0 Å². The van der Waals surface area contributed by atoms with Crippen LogP contribution >= 0.6 is 0 Å². The molecule has 1 saturated heterocycles. The predicted octanol–water partition coefficient (Wildman–Crippen LogP) is 0.915. The number of hydrazine groups is 1. The monoisotopic (exact) mass is 307 g/mol. The second-order valence-corrected chi connectivity index (χ2v) is 5.51. The summed E-state index contributed by atoms with van der Waals surface area (Å²) in [6, 6.07) is 5.75. The molecule has 1 heterocycles. The number of methoxy groups -OCH3 is 2. The number of aryl methyl sites for hydroxylation is 1. The van der Waals surface area contributed by atoms with E-state index in [0.29, 0.717) is 24.3 Å². The molecule has 1 aliphatic heterocycles. The molecule has 0 spiro atoms. The third kappa shape index (κ3) is 4.61. The number of ether oxygens (including phenoxy) is 2. The third-order valence-electron chi connectivity index (χ3n) is 3.87. The van der Waals surface area contributed by atoms with Gasteiger partial charge in [0, 0.05) is 32.6 Å². The molecular formula is C16H25N3O3. The summed E-state index contributed by atoms with van der Waals surface area (Å²) in [7, 11) is 5.32. The highest BCUT2D eigenvalue weighted by molar-refractivity contribution is 5.75. The lowest BCUT2D eigenvalue weighted by Crippen LogP contribution is -2.52. The Labute approximate surface area is 132 Å². The van der Waals surface area contributed by atoms with E-state index in [0.717, 1.165) is 31.7 Å². The minimum absolute atomic E-state index is 0.0549. The van der Waals surface area contributed by atoms with Crippen molar-refractivity contribution < 1.29 is 14.3 Å². The number of carbonyl (C=O) groups is 1. The number of hydrogen-bond donors (Lipinski definition) is 1. The van der Waals surface area contributed by atoms with Gasteiger partial charge in [-0.05, 0) is 31.2 Å². The van der Waals surface area contributed by atoms with Gasteiger partial charge in [0.2, 0.25) is 5.91 Å². The van der Waals surface area contributed by atoms with Crippen molar-refractivity contribution in [1.82, 2.24) is 15.3 Å². The zero-order chi connectivity index (χ0) is 15.9. The van der Waals surface area contributed by atoms with E-state index in [9.17, 15) is 4.79 Å². The molecule has 6 heteroatoms. The fourth-order valence-corrected chi connectivity index (χ4v) is 2.44. The first-order chi connectivity index (χ1) is 10.6. The minimum Gasteiger partial charge on any atom is -0.493 e. The zero-order valence-electron chi connectivity index (χ0n) is 13.6. The Morgan fingerprint density at radius 1 is 1.14 bits per heavy atom. The molecule has 0 bridgehead atoms. The van der Waals surface area contributed by atoms with E-state index < -0.39 is 0 Å². The van der Waals surface area contributed by atoms with Crippen LogP contribution in [0.1, 0.15) is 12.0 Å². The smallest absolute Gasteiger partial charge is 0.234 e. The van der Waals surface area contributed by atoms with Gasteiger partial charge >= 0.3 is 0 Å². The summed E-state index contributed by atoms with van der Waals surface area (Å²) in [6.07, 6.45) is 1.14. The van der Waals surface area contributed by atoms with Gasteiger partial charge in [0.1, 0.15) is 0 Å². The van der Waals surface area contributed by atoms with Crippen LogP contribution in [0.5, 0.6) is 11.5 Å². The van der Waals surface area contributed by atoms with Crippen molar-refractivity contribution in [3.8, 4) is 11.5 Å².